The van der Waals surface area contributed by atoms with Crippen molar-refractivity contribution in [2.24, 2.45) is 17.3 Å². The number of hydrogen-bond acceptors (Lipinski definition) is 2. The molecule has 0 radical (unpaired) electrons. The van der Waals surface area contributed by atoms with Crippen LogP contribution in [0.1, 0.15) is 40.5 Å². The van der Waals surface area contributed by atoms with E-state index < -0.39 is 0 Å². The lowest BCUT2D eigenvalue weighted by Gasteiger charge is -2.19. The van der Waals surface area contributed by atoms with Crippen molar-refractivity contribution in [3.05, 3.63) is 11.6 Å². The van der Waals surface area contributed by atoms with E-state index in [4.69, 9.17) is 5.26 Å². The van der Waals surface area contributed by atoms with Gasteiger partial charge in [-0.1, -0.05) is 25.5 Å². The fourth-order valence-corrected chi connectivity index (χ4v) is 2.85. The molecule has 18 heavy (non-hydrogen) atoms. The summed E-state index contributed by atoms with van der Waals surface area (Å²) in [6.45, 7) is 8.69. The van der Waals surface area contributed by atoms with E-state index in [2.05, 4.69) is 39.8 Å². The summed E-state index contributed by atoms with van der Waals surface area (Å²) in [5.74, 6) is 0.600. The Bertz CT molecular complexity index is 422. The summed E-state index contributed by atoms with van der Waals surface area (Å²) in [6.07, 6.45) is 4.34. The molecule has 0 N–H and O–H groups in total. The first kappa shape index (κ1) is 13.1. The summed E-state index contributed by atoms with van der Waals surface area (Å²) in [5, 5.41) is 8.85. The molecule has 0 heterocycles. The minimum absolute atomic E-state index is 0.0525. The molecule has 2 rings (SSSR count). The minimum atomic E-state index is 0.0525. The Labute approximate surface area is 109 Å². The average molecular weight is 246 g/mol. The van der Waals surface area contributed by atoms with Crippen LogP contribution in [0.5, 0.6) is 0 Å². The number of allylic oxidation sites excluding steroid dienone is 2. The fourth-order valence-electron chi connectivity index (χ4n) is 2.85. The average Bonchev–Trinajstić information content (AvgIpc) is 3.14. The topological polar surface area (TPSA) is 44.1 Å². The van der Waals surface area contributed by atoms with E-state index >= 15 is 0 Å². The molecule has 1 amide bonds. The van der Waals surface area contributed by atoms with Crippen molar-refractivity contribution in [2.75, 3.05) is 6.54 Å². The van der Waals surface area contributed by atoms with E-state index in [1.807, 2.05) is 0 Å². The van der Waals surface area contributed by atoms with Crippen molar-refractivity contribution in [1.29, 1.82) is 5.26 Å². The molecule has 2 fully saturated rings. The monoisotopic (exact) mass is 246 g/mol. The Balaban J connectivity index is 2.10. The van der Waals surface area contributed by atoms with Crippen molar-refractivity contribution < 1.29 is 4.79 Å². The van der Waals surface area contributed by atoms with Gasteiger partial charge in [0.1, 0.15) is 6.54 Å². The summed E-state index contributed by atoms with van der Waals surface area (Å²) in [4.78, 5) is 14.3. The molecular weight excluding hydrogens is 224 g/mol. The zero-order valence-corrected chi connectivity index (χ0v) is 11.7. The van der Waals surface area contributed by atoms with E-state index in [9.17, 15) is 4.79 Å². The van der Waals surface area contributed by atoms with Crippen LogP contribution in [-0.2, 0) is 4.79 Å². The number of rotatable bonds is 4. The fraction of sp³-hybridized carbons (Fsp3) is 0.733. The lowest BCUT2D eigenvalue weighted by molar-refractivity contribution is -0.133. The van der Waals surface area contributed by atoms with Crippen LogP contribution in [0.2, 0.25) is 0 Å². The lowest BCUT2D eigenvalue weighted by Crippen LogP contribution is -2.35. The smallest absolute Gasteiger partial charge is 0.227 e. The minimum Gasteiger partial charge on any atom is -0.326 e. The Morgan fingerprint density at radius 3 is 2.50 bits per heavy atom. The second kappa shape index (κ2) is 4.42. The van der Waals surface area contributed by atoms with Gasteiger partial charge >= 0.3 is 0 Å². The van der Waals surface area contributed by atoms with Crippen LogP contribution in [-0.4, -0.2) is 23.4 Å². The lowest BCUT2D eigenvalue weighted by atomic mass is 10.1. The SMILES string of the molecule is CC(C)=C[C@H]1[C@H](C(=O)N(CC#N)C2CC2)C1(C)C. The summed E-state index contributed by atoms with van der Waals surface area (Å²) >= 11 is 0. The number of carbonyl (C=O) groups excluding carboxylic acids is 1. The molecular formula is C15H22N2O. The van der Waals surface area contributed by atoms with Gasteiger partial charge < -0.3 is 4.90 Å². The molecule has 98 valence electrons. The standard InChI is InChI=1S/C15H22N2O/c1-10(2)9-12-13(15(12,3)4)14(18)17(8-7-16)11-5-6-11/h9,11-13H,5-6,8H2,1-4H3/t12-,13+/m0/s1. The molecule has 0 spiro atoms. The van der Waals surface area contributed by atoms with Crippen LogP contribution < -0.4 is 0 Å². The first-order chi connectivity index (χ1) is 8.39. The third kappa shape index (κ3) is 2.29. The number of nitrogens with zero attached hydrogens (tertiary/aromatic N) is 2. The maximum Gasteiger partial charge on any atom is 0.227 e. The van der Waals surface area contributed by atoms with Crippen molar-refractivity contribution in [3.8, 4) is 6.07 Å². The van der Waals surface area contributed by atoms with Gasteiger partial charge in [0.15, 0.2) is 0 Å². The molecule has 0 aromatic carbocycles. The Hall–Kier alpha value is -1.30. The zero-order chi connectivity index (χ0) is 13.5. The van der Waals surface area contributed by atoms with Crippen molar-refractivity contribution in [3.63, 3.8) is 0 Å². The molecule has 0 unspecified atom stereocenters. The predicted octanol–water partition coefficient (Wildman–Crippen LogP) is 2.74. The van der Waals surface area contributed by atoms with Crippen LogP contribution in [0.4, 0.5) is 0 Å². The third-order valence-corrected chi connectivity index (χ3v) is 4.20. The van der Waals surface area contributed by atoms with Crippen LogP contribution in [0, 0.1) is 28.6 Å². The quantitative estimate of drug-likeness (QED) is 0.565. The molecule has 0 bridgehead atoms. The van der Waals surface area contributed by atoms with E-state index in [1.165, 1.54) is 5.57 Å². The summed E-state index contributed by atoms with van der Waals surface area (Å²) < 4.78 is 0. The van der Waals surface area contributed by atoms with Gasteiger partial charge in [-0.25, -0.2) is 0 Å². The second-order valence-corrected chi connectivity index (χ2v) is 6.42. The first-order valence-electron chi connectivity index (χ1n) is 6.72. The number of hydrogen-bond donors (Lipinski definition) is 0. The van der Waals surface area contributed by atoms with Gasteiger partial charge in [-0.15, -0.1) is 0 Å². The molecule has 0 aromatic heterocycles. The van der Waals surface area contributed by atoms with Crippen LogP contribution in [0.3, 0.4) is 0 Å². The number of nitriles is 1. The molecule has 3 heteroatoms. The summed E-state index contributed by atoms with van der Waals surface area (Å²) in [7, 11) is 0. The van der Waals surface area contributed by atoms with Gasteiger partial charge in [0.05, 0.1) is 12.0 Å². The summed E-state index contributed by atoms with van der Waals surface area (Å²) in [6, 6.07) is 2.46. The van der Waals surface area contributed by atoms with E-state index in [0.717, 1.165) is 12.8 Å². The Kier molecular flexibility index (Phi) is 3.23. The predicted molar refractivity (Wildman–Crippen MR) is 70.5 cm³/mol. The van der Waals surface area contributed by atoms with Crippen LogP contribution in [0.15, 0.2) is 11.6 Å². The Morgan fingerprint density at radius 2 is 2.06 bits per heavy atom. The van der Waals surface area contributed by atoms with Crippen molar-refractivity contribution in [2.45, 2.75) is 46.6 Å². The molecule has 0 saturated heterocycles. The molecule has 2 saturated carbocycles. The summed E-state index contributed by atoms with van der Waals surface area (Å²) in [5.41, 5.74) is 1.32. The molecule has 3 nitrogen and oxygen atoms in total. The first-order valence-corrected chi connectivity index (χ1v) is 6.72. The normalized spacial score (nSPS) is 28.2. The third-order valence-electron chi connectivity index (χ3n) is 4.20. The molecule has 0 aromatic rings. The van der Waals surface area contributed by atoms with Gasteiger partial charge in [-0.2, -0.15) is 5.26 Å². The highest BCUT2D eigenvalue weighted by Crippen LogP contribution is 2.60. The maximum atomic E-state index is 12.5. The highest BCUT2D eigenvalue weighted by molar-refractivity contribution is 5.84. The molecule has 0 aliphatic heterocycles. The Morgan fingerprint density at radius 1 is 1.44 bits per heavy atom. The van der Waals surface area contributed by atoms with Crippen LogP contribution in [0.25, 0.3) is 0 Å². The van der Waals surface area contributed by atoms with E-state index in [-0.39, 0.29) is 23.8 Å². The number of carbonyl (C=O) groups is 1. The van der Waals surface area contributed by atoms with Crippen molar-refractivity contribution in [1.82, 2.24) is 4.90 Å². The van der Waals surface area contributed by atoms with Gasteiger partial charge in [-0.3, -0.25) is 4.79 Å². The largest absolute Gasteiger partial charge is 0.326 e. The second-order valence-electron chi connectivity index (χ2n) is 6.42. The van der Waals surface area contributed by atoms with Gasteiger partial charge in [0.2, 0.25) is 5.91 Å². The van der Waals surface area contributed by atoms with Crippen molar-refractivity contribution >= 4 is 5.91 Å². The van der Waals surface area contributed by atoms with Gasteiger partial charge in [0, 0.05) is 6.04 Å². The highest BCUT2D eigenvalue weighted by Gasteiger charge is 2.61. The van der Waals surface area contributed by atoms with E-state index in [0.29, 0.717) is 12.0 Å². The van der Waals surface area contributed by atoms with Gasteiger partial charge in [0.25, 0.3) is 0 Å². The molecule has 2 atom stereocenters. The maximum absolute atomic E-state index is 12.5. The molecule has 2 aliphatic rings. The van der Waals surface area contributed by atoms with Crippen LogP contribution >= 0.6 is 0 Å². The molecule has 2 aliphatic carbocycles. The number of amides is 1. The van der Waals surface area contributed by atoms with Gasteiger partial charge in [-0.05, 0) is 38.0 Å². The van der Waals surface area contributed by atoms with E-state index in [1.54, 1.807) is 4.90 Å². The highest BCUT2D eigenvalue weighted by atomic mass is 16.2. The zero-order valence-electron chi connectivity index (χ0n) is 11.7.